The van der Waals surface area contributed by atoms with Gasteiger partial charge in [0.1, 0.15) is 5.75 Å². The van der Waals surface area contributed by atoms with E-state index >= 15 is 0 Å². The van der Waals surface area contributed by atoms with Crippen LogP contribution in [0.5, 0.6) is 5.75 Å². The van der Waals surface area contributed by atoms with Crippen molar-refractivity contribution in [2.24, 2.45) is 4.99 Å². The van der Waals surface area contributed by atoms with Gasteiger partial charge in [0.2, 0.25) is 0 Å². The molecule has 28 heavy (non-hydrogen) atoms. The van der Waals surface area contributed by atoms with E-state index in [9.17, 15) is 5.11 Å². The molecule has 1 aromatic heterocycles. The van der Waals surface area contributed by atoms with Gasteiger partial charge in [0.05, 0.1) is 11.4 Å². The Morgan fingerprint density at radius 2 is 1.71 bits per heavy atom. The third-order valence-corrected chi connectivity index (χ3v) is 4.91. The average molecular weight is 432 g/mol. The third kappa shape index (κ3) is 3.62. The molecule has 4 aromatic rings. The average Bonchev–Trinajstić information content (AvgIpc) is 3.04. The molecule has 0 aliphatic carbocycles. The summed E-state index contributed by atoms with van der Waals surface area (Å²) in [6.45, 7) is 1.98. The number of benzene rings is 3. The fraction of sp³-hybridized carbons (Fsp3) is 0.0435. The second-order valence-electron chi connectivity index (χ2n) is 6.36. The topological polar surface area (TPSA) is 50.4 Å². The predicted octanol–water partition coefficient (Wildman–Crippen LogP) is 6.07. The van der Waals surface area contributed by atoms with E-state index in [0.29, 0.717) is 11.4 Å². The van der Waals surface area contributed by atoms with Crippen molar-refractivity contribution in [2.45, 2.75) is 6.92 Å². The minimum atomic E-state index is 0.192. The fourth-order valence-corrected chi connectivity index (χ4v) is 3.49. The molecule has 0 amide bonds. The maximum Gasteiger partial charge on any atom is 0.163 e. The van der Waals surface area contributed by atoms with Crippen LogP contribution in [0.4, 0.5) is 5.82 Å². The van der Waals surface area contributed by atoms with Crippen molar-refractivity contribution in [1.29, 1.82) is 0 Å². The van der Waals surface area contributed by atoms with Crippen molar-refractivity contribution < 1.29 is 5.11 Å². The minimum Gasteiger partial charge on any atom is -0.507 e. The maximum absolute atomic E-state index is 10.1. The number of hydrogen-bond donors (Lipinski definition) is 1. The monoisotopic (exact) mass is 431 g/mol. The molecule has 4 nitrogen and oxygen atoms in total. The van der Waals surface area contributed by atoms with Gasteiger partial charge < -0.3 is 5.11 Å². The number of nitrogens with zero attached hydrogens (tertiary/aromatic N) is 3. The normalized spacial score (nSPS) is 11.2. The SMILES string of the molecule is Cc1nn(-c2ccccc2)c(/N=C/c2ccccc2O)c1-c1cccc(Br)c1. The number of hydrogen-bond acceptors (Lipinski definition) is 3. The maximum atomic E-state index is 10.1. The zero-order valence-electron chi connectivity index (χ0n) is 15.2. The van der Waals surface area contributed by atoms with Gasteiger partial charge in [-0.25, -0.2) is 9.67 Å². The van der Waals surface area contributed by atoms with Crippen molar-refractivity contribution in [1.82, 2.24) is 9.78 Å². The van der Waals surface area contributed by atoms with Crippen LogP contribution < -0.4 is 0 Å². The first-order valence-electron chi connectivity index (χ1n) is 8.86. The van der Waals surface area contributed by atoms with Crippen LogP contribution in [0, 0.1) is 6.92 Å². The zero-order chi connectivity index (χ0) is 19.5. The molecule has 0 unspecified atom stereocenters. The molecule has 0 radical (unpaired) electrons. The highest BCUT2D eigenvalue weighted by molar-refractivity contribution is 9.10. The number of rotatable bonds is 4. The van der Waals surface area contributed by atoms with Gasteiger partial charge in [0.15, 0.2) is 5.82 Å². The molecule has 3 aromatic carbocycles. The third-order valence-electron chi connectivity index (χ3n) is 4.41. The second-order valence-corrected chi connectivity index (χ2v) is 7.27. The number of phenolic OH excluding ortho intramolecular Hbond substituents is 1. The van der Waals surface area contributed by atoms with E-state index in [1.54, 1.807) is 18.3 Å². The molecule has 1 heterocycles. The van der Waals surface area contributed by atoms with E-state index in [1.807, 2.05) is 72.3 Å². The molecule has 0 aliphatic rings. The molecule has 4 rings (SSSR count). The first kappa shape index (κ1) is 18.2. The molecule has 0 spiro atoms. The number of halogens is 1. The fourth-order valence-electron chi connectivity index (χ4n) is 3.09. The predicted molar refractivity (Wildman–Crippen MR) is 117 cm³/mol. The molecular weight excluding hydrogens is 414 g/mol. The Kier molecular flexibility index (Phi) is 5.08. The van der Waals surface area contributed by atoms with E-state index in [0.717, 1.165) is 27.0 Å². The highest BCUT2D eigenvalue weighted by atomic mass is 79.9. The first-order valence-corrected chi connectivity index (χ1v) is 9.66. The Bertz CT molecular complexity index is 1150. The molecule has 0 saturated heterocycles. The second kappa shape index (κ2) is 7.82. The molecule has 0 saturated carbocycles. The Balaban J connectivity index is 1.92. The Morgan fingerprint density at radius 3 is 2.46 bits per heavy atom. The molecule has 0 fully saturated rings. The Labute approximate surface area is 171 Å². The molecular formula is C23H18BrN3O. The lowest BCUT2D eigenvalue weighted by Crippen LogP contribution is -1.96. The van der Waals surface area contributed by atoms with Gasteiger partial charge in [-0.05, 0) is 48.9 Å². The minimum absolute atomic E-state index is 0.192. The van der Waals surface area contributed by atoms with Crippen LogP contribution in [-0.2, 0) is 0 Å². The van der Waals surface area contributed by atoms with Crippen LogP contribution in [0.3, 0.4) is 0 Å². The van der Waals surface area contributed by atoms with Crippen molar-refractivity contribution >= 4 is 28.0 Å². The molecule has 5 heteroatoms. The summed E-state index contributed by atoms with van der Waals surface area (Å²) in [5.74, 6) is 0.905. The van der Waals surface area contributed by atoms with E-state index in [-0.39, 0.29) is 5.75 Å². The van der Waals surface area contributed by atoms with Crippen molar-refractivity contribution in [3.63, 3.8) is 0 Å². The number of aromatic nitrogens is 2. The van der Waals surface area contributed by atoms with E-state index in [1.165, 1.54) is 0 Å². The number of aromatic hydroxyl groups is 1. The van der Waals surface area contributed by atoms with Crippen molar-refractivity contribution in [2.75, 3.05) is 0 Å². The summed E-state index contributed by atoms with van der Waals surface area (Å²) >= 11 is 3.55. The van der Waals surface area contributed by atoms with Gasteiger partial charge in [-0.1, -0.05) is 58.4 Å². The number of aryl methyl sites for hydroxylation is 1. The summed E-state index contributed by atoms with van der Waals surface area (Å²) < 4.78 is 2.83. The summed E-state index contributed by atoms with van der Waals surface area (Å²) in [5, 5.41) is 14.8. The van der Waals surface area contributed by atoms with Gasteiger partial charge in [-0.15, -0.1) is 0 Å². The lowest BCUT2D eigenvalue weighted by molar-refractivity contribution is 0.474. The standard InChI is InChI=1S/C23H18BrN3O/c1-16-22(17-9-7-10-19(24)14-17)23(25-15-18-8-5-6-13-21(18)28)27(26-16)20-11-3-2-4-12-20/h2-15,28H,1H3/b25-15+. The van der Waals surface area contributed by atoms with E-state index in [2.05, 4.69) is 22.0 Å². The van der Waals surface area contributed by atoms with Crippen molar-refractivity contribution in [3.8, 4) is 22.6 Å². The Morgan fingerprint density at radius 1 is 0.964 bits per heavy atom. The van der Waals surface area contributed by atoms with Gasteiger partial charge >= 0.3 is 0 Å². The van der Waals surface area contributed by atoms with Gasteiger partial charge in [-0.2, -0.15) is 5.10 Å². The Hall–Kier alpha value is -3.18. The van der Waals surface area contributed by atoms with Gasteiger partial charge in [0.25, 0.3) is 0 Å². The summed E-state index contributed by atoms with van der Waals surface area (Å²) in [6.07, 6.45) is 1.67. The summed E-state index contributed by atoms with van der Waals surface area (Å²) in [5.41, 5.74) is 4.44. The van der Waals surface area contributed by atoms with Gasteiger partial charge in [0, 0.05) is 21.8 Å². The molecule has 0 atom stereocenters. The largest absolute Gasteiger partial charge is 0.507 e. The summed E-state index contributed by atoms with van der Waals surface area (Å²) in [7, 11) is 0. The quantitative estimate of drug-likeness (QED) is 0.398. The van der Waals surface area contributed by atoms with E-state index in [4.69, 9.17) is 10.1 Å². The summed E-state index contributed by atoms with van der Waals surface area (Å²) in [4.78, 5) is 4.74. The highest BCUT2D eigenvalue weighted by Gasteiger charge is 2.17. The first-order chi connectivity index (χ1) is 13.6. The van der Waals surface area contributed by atoms with Crippen LogP contribution in [0.25, 0.3) is 16.8 Å². The van der Waals surface area contributed by atoms with Crippen molar-refractivity contribution in [3.05, 3.63) is 94.6 Å². The number of para-hydroxylation sites is 2. The smallest absolute Gasteiger partial charge is 0.163 e. The van der Waals surface area contributed by atoms with Crippen LogP contribution in [0.1, 0.15) is 11.3 Å². The molecule has 1 N–H and O–H groups in total. The van der Waals surface area contributed by atoms with Gasteiger partial charge in [-0.3, -0.25) is 0 Å². The van der Waals surface area contributed by atoms with Crippen LogP contribution >= 0.6 is 15.9 Å². The number of aliphatic imine (C=N–C) groups is 1. The lowest BCUT2D eigenvalue weighted by atomic mass is 10.1. The van der Waals surface area contributed by atoms with Crippen LogP contribution in [0.15, 0.2) is 88.3 Å². The summed E-state index contributed by atoms with van der Waals surface area (Å²) in [6, 6.07) is 25.1. The molecule has 138 valence electrons. The lowest BCUT2D eigenvalue weighted by Gasteiger charge is -2.07. The molecule has 0 aliphatic heterocycles. The highest BCUT2D eigenvalue weighted by Crippen LogP contribution is 2.36. The van der Waals surface area contributed by atoms with E-state index < -0.39 is 0 Å². The van der Waals surface area contributed by atoms with Crippen LogP contribution in [0.2, 0.25) is 0 Å². The number of phenols is 1. The van der Waals surface area contributed by atoms with Crippen LogP contribution in [-0.4, -0.2) is 21.1 Å². The molecule has 0 bridgehead atoms. The zero-order valence-corrected chi connectivity index (χ0v) is 16.8.